The molecule has 0 spiro atoms. The molecular weight excluding hydrogens is 607 g/mol. The number of carbonyl (C=O) groups excluding carboxylic acids is 2. The summed E-state index contributed by atoms with van der Waals surface area (Å²) in [5.74, 6) is 0.573. The number of furan rings is 1. The van der Waals surface area contributed by atoms with E-state index in [1.165, 1.54) is 35.2 Å². The van der Waals surface area contributed by atoms with Crippen LogP contribution in [0.4, 0.5) is 4.39 Å². The van der Waals surface area contributed by atoms with Crippen molar-refractivity contribution in [1.82, 2.24) is 25.1 Å². The predicted molar refractivity (Wildman–Crippen MR) is 171 cm³/mol. The van der Waals surface area contributed by atoms with Gasteiger partial charge in [-0.15, -0.1) is 10.2 Å². The molecule has 0 bridgehead atoms. The first-order valence-electron chi connectivity index (χ1n) is 14.7. The van der Waals surface area contributed by atoms with Crippen molar-refractivity contribution in [3.63, 3.8) is 0 Å². The van der Waals surface area contributed by atoms with Crippen LogP contribution in [0.25, 0.3) is 0 Å². The Bertz CT molecular complexity index is 1810. The Morgan fingerprint density at radius 1 is 1.00 bits per heavy atom. The number of nitrogens with one attached hydrogen (secondary N) is 1. The van der Waals surface area contributed by atoms with E-state index in [1.807, 2.05) is 59.2 Å². The van der Waals surface area contributed by atoms with Crippen LogP contribution in [-0.2, 0) is 24.3 Å². The minimum Gasteiger partial charge on any atom is -0.497 e. The molecular formula is C34H31FN6O4S. The summed E-state index contributed by atoms with van der Waals surface area (Å²) in [4.78, 5) is 26.3. The topological polar surface area (TPSA) is 115 Å². The fraction of sp³-hybridized carbons (Fsp3) is 0.206. The molecule has 1 aliphatic heterocycles. The number of ether oxygens (including phenoxy) is 1. The Labute approximate surface area is 269 Å². The fourth-order valence-corrected chi connectivity index (χ4v) is 5.99. The molecule has 0 radical (unpaired) electrons. The zero-order valence-corrected chi connectivity index (χ0v) is 25.8. The lowest BCUT2D eigenvalue weighted by molar-refractivity contribution is -0.130. The first-order chi connectivity index (χ1) is 22.5. The zero-order chi connectivity index (χ0) is 31.9. The number of thioether (sulfide) groups is 1. The highest BCUT2D eigenvalue weighted by Gasteiger charge is 2.33. The van der Waals surface area contributed by atoms with E-state index in [-0.39, 0.29) is 35.7 Å². The fourth-order valence-electron chi connectivity index (χ4n) is 5.16. The number of nitrogens with zero attached hydrogens (tertiary/aromatic N) is 5. The van der Waals surface area contributed by atoms with Crippen LogP contribution in [0, 0.1) is 5.82 Å². The normalized spacial score (nSPS) is 14.3. The van der Waals surface area contributed by atoms with E-state index in [2.05, 4.69) is 15.5 Å². The Hall–Kier alpha value is -5.23. The van der Waals surface area contributed by atoms with Crippen molar-refractivity contribution in [1.29, 1.82) is 0 Å². The highest BCUT2D eigenvalue weighted by atomic mass is 32.2. The van der Waals surface area contributed by atoms with Crippen molar-refractivity contribution in [2.24, 2.45) is 5.10 Å². The Balaban J connectivity index is 1.21. The van der Waals surface area contributed by atoms with Crippen LogP contribution in [0.5, 0.6) is 5.75 Å². The smallest absolute Gasteiger partial charge is 0.287 e. The lowest BCUT2D eigenvalue weighted by Gasteiger charge is -2.22. The molecule has 12 heteroatoms. The van der Waals surface area contributed by atoms with Crippen molar-refractivity contribution in [2.75, 3.05) is 12.9 Å². The zero-order valence-electron chi connectivity index (χ0n) is 25.0. The van der Waals surface area contributed by atoms with Gasteiger partial charge in [0.25, 0.3) is 11.8 Å². The van der Waals surface area contributed by atoms with Crippen molar-refractivity contribution >= 4 is 29.3 Å². The molecule has 0 unspecified atom stereocenters. The SMILES string of the molecule is COc1ccc(C2=NN(C(=O)CSc3nnc(CNC(=O)c4ccco4)n3CCc3ccccc3)[C@@H](c3ccc(F)cc3)C2)cc1. The molecule has 0 saturated carbocycles. The second kappa shape index (κ2) is 14.2. The van der Waals surface area contributed by atoms with Crippen molar-refractivity contribution in [2.45, 2.75) is 37.1 Å². The van der Waals surface area contributed by atoms with Gasteiger partial charge in [0.05, 0.1) is 37.4 Å². The minimum absolute atomic E-state index is 0.0410. The highest BCUT2D eigenvalue weighted by Crippen LogP contribution is 2.34. The molecule has 1 N–H and O–H groups in total. The van der Waals surface area contributed by atoms with Crippen molar-refractivity contribution in [3.8, 4) is 5.75 Å². The van der Waals surface area contributed by atoms with Crippen molar-refractivity contribution < 1.29 is 23.1 Å². The first-order valence-corrected chi connectivity index (χ1v) is 15.7. The quantitative estimate of drug-likeness (QED) is 0.175. The van der Waals surface area contributed by atoms with Gasteiger partial charge >= 0.3 is 0 Å². The number of amides is 2. The van der Waals surface area contributed by atoms with Crippen LogP contribution < -0.4 is 10.1 Å². The molecule has 0 fully saturated rings. The Morgan fingerprint density at radius 3 is 2.50 bits per heavy atom. The summed E-state index contributed by atoms with van der Waals surface area (Å²) < 4.78 is 26.2. The Morgan fingerprint density at radius 2 is 1.78 bits per heavy atom. The molecule has 3 heterocycles. The molecule has 0 aliphatic carbocycles. The maximum Gasteiger partial charge on any atom is 0.287 e. The number of aryl methyl sites for hydroxylation is 1. The first kappa shape index (κ1) is 30.8. The second-order valence-corrected chi connectivity index (χ2v) is 11.5. The molecule has 1 aliphatic rings. The van der Waals surface area contributed by atoms with E-state index < -0.39 is 6.04 Å². The van der Waals surface area contributed by atoms with Crippen molar-refractivity contribution in [3.05, 3.63) is 131 Å². The van der Waals surface area contributed by atoms with E-state index in [4.69, 9.17) is 14.3 Å². The molecule has 3 aromatic carbocycles. The van der Waals surface area contributed by atoms with Gasteiger partial charge in [0, 0.05) is 13.0 Å². The van der Waals surface area contributed by atoms with Gasteiger partial charge in [-0.25, -0.2) is 9.40 Å². The monoisotopic (exact) mass is 638 g/mol. The molecule has 5 aromatic rings. The Kier molecular flexibility index (Phi) is 9.54. The maximum absolute atomic E-state index is 13.8. The van der Waals surface area contributed by atoms with Crippen LogP contribution >= 0.6 is 11.8 Å². The van der Waals surface area contributed by atoms with E-state index in [0.717, 1.165) is 28.2 Å². The van der Waals surface area contributed by atoms with E-state index in [0.29, 0.717) is 30.4 Å². The summed E-state index contributed by atoms with van der Waals surface area (Å²) in [5, 5.41) is 18.3. The number of methoxy groups -OCH3 is 1. The van der Waals surface area contributed by atoms with Gasteiger partial charge in [-0.1, -0.05) is 54.2 Å². The lowest BCUT2D eigenvalue weighted by atomic mass is 9.98. The predicted octanol–water partition coefficient (Wildman–Crippen LogP) is 5.66. The number of hydrazone groups is 1. The average Bonchev–Trinajstić information content (AvgIpc) is 3.87. The third-order valence-corrected chi connectivity index (χ3v) is 8.53. The standard InChI is InChI=1S/C34H31FN6O4S/c1-44-27-15-11-24(12-16-27)28-20-29(25-9-13-26(35)14-10-25)41(39-28)32(42)22-46-34-38-37-31(21-36-33(43)30-8-5-19-45-30)40(34)18-17-23-6-3-2-4-7-23/h2-16,19,29H,17-18,20-22H2,1H3,(H,36,43)/t29-/m1/s1. The van der Waals surface area contributed by atoms with Gasteiger partial charge in [0.15, 0.2) is 16.7 Å². The molecule has 2 aromatic heterocycles. The number of halogens is 1. The summed E-state index contributed by atoms with van der Waals surface area (Å²) in [5.41, 5.74) is 3.54. The van der Waals surface area contributed by atoms with Gasteiger partial charge in [-0.05, 0) is 71.6 Å². The van der Waals surface area contributed by atoms with Gasteiger partial charge in [0.2, 0.25) is 0 Å². The molecule has 1 atom stereocenters. The highest BCUT2D eigenvalue weighted by molar-refractivity contribution is 7.99. The third kappa shape index (κ3) is 7.18. The minimum atomic E-state index is -0.394. The van der Waals surface area contributed by atoms with Gasteiger partial charge < -0.3 is 19.0 Å². The number of hydrogen-bond donors (Lipinski definition) is 1. The second-order valence-electron chi connectivity index (χ2n) is 10.5. The summed E-state index contributed by atoms with van der Waals surface area (Å²) in [6.45, 7) is 0.672. The number of rotatable bonds is 12. The molecule has 6 rings (SSSR count). The van der Waals surface area contributed by atoms with Crippen LogP contribution in [-0.4, -0.2) is 50.2 Å². The molecule has 2 amide bonds. The summed E-state index contributed by atoms with van der Waals surface area (Å²) >= 11 is 1.25. The van der Waals surface area contributed by atoms with Crippen LogP contribution in [0.3, 0.4) is 0 Å². The van der Waals surface area contributed by atoms with Gasteiger partial charge in [0.1, 0.15) is 11.6 Å². The van der Waals surface area contributed by atoms with E-state index in [9.17, 15) is 14.0 Å². The van der Waals surface area contributed by atoms with E-state index >= 15 is 0 Å². The lowest BCUT2D eigenvalue weighted by Crippen LogP contribution is -2.28. The summed E-state index contributed by atoms with van der Waals surface area (Å²) in [6.07, 6.45) is 2.61. The molecule has 10 nitrogen and oxygen atoms in total. The van der Waals surface area contributed by atoms with Crippen LogP contribution in [0.1, 0.15) is 45.5 Å². The number of hydrogen-bond acceptors (Lipinski definition) is 8. The van der Waals surface area contributed by atoms with Crippen LogP contribution in [0.2, 0.25) is 0 Å². The van der Waals surface area contributed by atoms with E-state index in [1.54, 1.807) is 31.4 Å². The number of carbonyl (C=O) groups is 2. The summed E-state index contributed by atoms with van der Waals surface area (Å²) in [7, 11) is 1.60. The maximum atomic E-state index is 13.8. The average molecular weight is 639 g/mol. The summed E-state index contributed by atoms with van der Waals surface area (Å²) in [6, 6.07) is 26.5. The van der Waals surface area contributed by atoms with Gasteiger partial charge in [-0.2, -0.15) is 5.10 Å². The molecule has 0 saturated heterocycles. The third-order valence-electron chi connectivity index (χ3n) is 7.58. The molecule has 46 heavy (non-hydrogen) atoms. The largest absolute Gasteiger partial charge is 0.497 e. The molecule has 234 valence electrons. The van der Waals surface area contributed by atoms with Gasteiger partial charge in [-0.3, -0.25) is 9.59 Å². The van der Waals surface area contributed by atoms with Crippen LogP contribution in [0.15, 0.2) is 112 Å². The number of aromatic nitrogens is 3. The number of benzene rings is 3.